The second kappa shape index (κ2) is 7.26. The third kappa shape index (κ3) is 4.60. The summed E-state index contributed by atoms with van der Waals surface area (Å²) in [6.45, 7) is 6.22. The maximum atomic E-state index is 12.1. The summed E-state index contributed by atoms with van der Waals surface area (Å²) in [6.07, 6.45) is 1.93. The molecule has 0 N–H and O–H groups in total. The molecular weight excluding hydrogens is 350 g/mol. The third-order valence-electron chi connectivity index (χ3n) is 3.48. The summed E-state index contributed by atoms with van der Waals surface area (Å²) in [5, 5.41) is 11.2. The molecule has 1 amide bonds. The number of carbonyl (C=O) groups excluding carboxylic acids is 1. The zero-order valence-electron chi connectivity index (χ0n) is 14.5. The maximum absolute atomic E-state index is 12.1. The van der Waals surface area contributed by atoms with E-state index in [2.05, 4.69) is 4.98 Å². The van der Waals surface area contributed by atoms with Crippen LogP contribution in [0.15, 0.2) is 12.1 Å². The van der Waals surface area contributed by atoms with E-state index in [9.17, 15) is 14.9 Å². The van der Waals surface area contributed by atoms with Crippen LogP contribution in [0.2, 0.25) is 5.02 Å². The largest absolute Gasteiger partial charge is 0.476 e. The van der Waals surface area contributed by atoms with Gasteiger partial charge in [-0.1, -0.05) is 17.7 Å². The van der Waals surface area contributed by atoms with Crippen molar-refractivity contribution in [2.45, 2.75) is 32.8 Å². The summed E-state index contributed by atoms with van der Waals surface area (Å²) in [7, 11) is 1.31. The smallest absolute Gasteiger partial charge is 0.410 e. The Morgan fingerprint density at radius 2 is 2.12 bits per heavy atom. The lowest BCUT2D eigenvalue weighted by molar-refractivity contribution is -0.386. The quantitative estimate of drug-likeness (QED) is 0.595. The molecule has 9 heteroatoms. The molecule has 1 aliphatic rings. The molecule has 0 bridgehead atoms. The molecule has 2 heterocycles. The van der Waals surface area contributed by atoms with Crippen molar-refractivity contribution in [2.24, 2.45) is 0 Å². The Kier molecular flexibility index (Phi) is 5.52. The molecule has 0 aromatic carbocycles. The highest BCUT2D eigenvalue weighted by atomic mass is 35.5. The fourth-order valence-corrected chi connectivity index (χ4v) is 2.61. The van der Waals surface area contributed by atoms with E-state index in [4.69, 9.17) is 21.1 Å². The topological polar surface area (TPSA) is 94.8 Å². The number of hydrogen-bond donors (Lipinski definition) is 0. The zero-order chi connectivity index (χ0) is 18.8. The number of hydrogen-bond acceptors (Lipinski definition) is 6. The first-order valence-corrected chi connectivity index (χ1v) is 8.06. The number of ether oxygens (including phenoxy) is 2. The average molecular weight is 370 g/mol. The summed E-state index contributed by atoms with van der Waals surface area (Å²) in [6, 6.07) is 1.23. The van der Waals surface area contributed by atoms with Gasteiger partial charge < -0.3 is 14.4 Å². The van der Waals surface area contributed by atoms with Crippen LogP contribution in [0.4, 0.5) is 10.5 Å². The second-order valence-corrected chi connectivity index (χ2v) is 6.92. The molecule has 25 heavy (non-hydrogen) atoms. The molecule has 1 aromatic heterocycles. The molecule has 1 aliphatic heterocycles. The molecule has 8 nitrogen and oxygen atoms in total. The van der Waals surface area contributed by atoms with Crippen LogP contribution in [-0.2, 0) is 4.74 Å². The predicted octanol–water partition coefficient (Wildman–Crippen LogP) is 3.68. The van der Waals surface area contributed by atoms with Gasteiger partial charge in [-0.05, 0) is 32.8 Å². The normalized spacial score (nSPS) is 14.8. The van der Waals surface area contributed by atoms with Crippen molar-refractivity contribution in [1.29, 1.82) is 0 Å². The Bertz CT molecular complexity index is 727. The summed E-state index contributed by atoms with van der Waals surface area (Å²) in [4.78, 5) is 28.2. The standard InChI is InChI=1S/C16H20ClN3O5/c1-16(2,3)25-15(21)19-7-5-10(6-8-19)13-11(17)9-12(20(22)23)14(18-13)24-4/h5,9H,6-8H2,1-4H3. The molecule has 0 spiro atoms. The van der Waals surface area contributed by atoms with Gasteiger partial charge in [0.05, 0.1) is 22.7 Å². The number of nitro groups is 1. The highest BCUT2D eigenvalue weighted by Crippen LogP contribution is 2.34. The minimum atomic E-state index is -0.596. The molecule has 0 unspecified atom stereocenters. The van der Waals surface area contributed by atoms with Gasteiger partial charge in [0.1, 0.15) is 5.60 Å². The monoisotopic (exact) mass is 369 g/mol. The Labute approximate surface area is 150 Å². The number of methoxy groups -OCH3 is 1. The van der Waals surface area contributed by atoms with Gasteiger partial charge in [-0.3, -0.25) is 10.1 Å². The van der Waals surface area contributed by atoms with Crippen molar-refractivity contribution in [3.63, 3.8) is 0 Å². The van der Waals surface area contributed by atoms with Gasteiger partial charge in [0.15, 0.2) is 0 Å². The number of nitrogens with zero attached hydrogens (tertiary/aromatic N) is 3. The van der Waals surface area contributed by atoms with E-state index >= 15 is 0 Å². The molecule has 1 aromatic rings. The summed E-state index contributed by atoms with van der Waals surface area (Å²) in [5.41, 5.74) is 0.381. The number of rotatable bonds is 3. The van der Waals surface area contributed by atoms with E-state index < -0.39 is 10.5 Å². The Hall–Kier alpha value is -2.35. The van der Waals surface area contributed by atoms with Crippen LogP contribution in [0.3, 0.4) is 0 Å². The van der Waals surface area contributed by atoms with Crippen molar-refractivity contribution >= 4 is 29.0 Å². The molecule has 0 saturated carbocycles. The molecule has 0 radical (unpaired) electrons. The van der Waals surface area contributed by atoms with Gasteiger partial charge in [-0.2, -0.15) is 0 Å². The second-order valence-electron chi connectivity index (χ2n) is 6.51. The molecule has 0 aliphatic carbocycles. The lowest BCUT2D eigenvalue weighted by Gasteiger charge is -2.29. The summed E-state index contributed by atoms with van der Waals surface area (Å²) < 4.78 is 10.3. The minimum absolute atomic E-state index is 0.0973. The van der Waals surface area contributed by atoms with Gasteiger partial charge >= 0.3 is 11.8 Å². The van der Waals surface area contributed by atoms with Crippen molar-refractivity contribution in [3.8, 4) is 5.88 Å². The van der Waals surface area contributed by atoms with Crippen LogP contribution in [0.5, 0.6) is 5.88 Å². The van der Waals surface area contributed by atoms with Crippen LogP contribution < -0.4 is 4.74 Å². The van der Waals surface area contributed by atoms with Crippen molar-refractivity contribution < 1.29 is 19.2 Å². The highest BCUT2D eigenvalue weighted by Gasteiger charge is 2.26. The van der Waals surface area contributed by atoms with Crippen LogP contribution in [-0.4, -0.2) is 46.7 Å². The van der Waals surface area contributed by atoms with Gasteiger partial charge in [0, 0.05) is 19.2 Å². The molecule has 0 fully saturated rings. The van der Waals surface area contributed by atoms with Gasteiger partial charge in [0.2, 0.25) is 0 Å². The lowest BCUT2D eigenvalue weighted by Crippen LogP contribution is -2.39. The number of halogens is 1. The van der Waals surface area contributed by atoms with Crippen molar-refractivity contribution in [3.05, 3.63) is 33.0 Å². The van der Waals surface area contributed by atoms with E-state index in [0.29, 0.717) is 25.2 Å². The molecule has 136 valence electrons. The van der Waals surface area contributed by atoms with Crippen LogP contribution in [0.1, 0.15) is 32.9 Å². The first-order valence-electron chi connectivity index (χ1n) is 7.68. The highest BCUT2D eigenvalue weighted by molar-refractivity contribution is 6.32. The van der Waals surface area contributed by atoms with E-state index in [0.717, 1.165) is 5.57 Å². The zero-order valence-corrected chi connectivity index (χ0v) is 15.3. The SMILES string of the molecule is COc1nc(C2=CCN(C(=O)OC(C)(C)C)CC2)c(Cl)cc1[N+](=O)[O-]. The van der Waals surface area contributed by atoms with Gasteiger partial charge in [-0.15, -0.1) is 0 Å². The summed E-state index contributed by atoms with van der Waals surface area (Å²) >= 11 is 6.15. The summed E-state index contributed by atoms with van der Waals surface area (Å²) in [5.74, 6) is -0.0973. The number of carbonyl (C=O) groups is 1. The Morgan fingerprint density at radius 1 is 1.44 bits per heavy atom. The van der Waals surface area contributed by atoms with Gasteiger partial charge in [0.25, 0.3) is 5.88 Å². The lowest BCUT2D eigenvalue weighted by atomic mass is 10.0. The first-order chi connectivity index (χ1) is 11.6. The Balaban J connectivity index is 2.21. The van der Waals surface area contributed by atoms with Crippen molar-refractivity contribution in [2.75, 3.05) is 20.2 Å². The van der Waals surface area contributed by atoms with E-state index in [-0.39, 0.29) is 22.7 Å². The number of pyridine rings is 1. The van der Waals surface area contributed by atoms with Crippen LogP contribution in [0.25, 0.3) is 5.57 Å². The number of aromatic nitrogens is 1. The Morgan fingerprint density at radius 3 is 2.60 bits per heavy atom. The fraction of sp³-hybridized carbons (Fsp3) is 0.500. The molecule has 0 atom stereocenters. The van der Waals surface area contributed by atoms with E-state index in [1.165, 1.54) is 13.2 Å². The first kappa shape index (κ1) is 19.0. The molecule has 2 rings (SSSR count). The average Bonchev–Trinajstić information content (AvgIpc) is 2.53. The molecule has 0 saturated heterocycles. The van der Waals surface area contributed by atoms with Gasteiger partial charge in [-0.25, -0.2) is 9.78 Å². The minimum Gasteiger partial charge on any atom is -0.476 e. The fourth-order valence-electron chi connectivity index (χ4n) is 2.35. The van der Waals surface area contributed by atoms with E-state index in [1.807, 2.05) is 26.8 Å². The predicted molar refractivity (Wildman–Crippen MR) is 92.9 cm³/mol. The van der Waals surface area contributed by atoms with E-state index in [1.54, 1.807) is 4.90 Å². The van der Waals surface area contributed by atoms with Crippen molar-refractivity contribution in [1.82, 2.24) is 9.88 Å². The van der Waals surface area contributed by atoms with Crippen LogP contribution in [0, 0.1) is 10.1 Å². The molecular formula is C16H20ClN3O5. The third-order valence-corrected chi connectivity index (χ3v) is 3.77. The number of amides is 1. The van der Waals surface area contributed by atoms with Crippen LogP contribution >= 0.6 is 11.6 Å². The maximum Gasteiger partial charge on any atom is 0.410 e.